The SMILES string of the molecule is O=c1oc(=O)n(CCOc2ccccc2)c2c(Cl)cc(Cl)cc12. The highest BCUT2D eigenvalue weighted by Gasteiger charge is 2.14. The number of hydrogen-bond acceptors (Lipinski definition) is 4. The number of aromatic nitrogens is 1. The maximum absolute atomic E-state index is 12.0. The molecule has 1 heterocycles. The fourth-order valence-corrected chi connectivity index (χ4v) is 2.85. The zero-order chi connectivity index (χ0) is 16.4. The van der Waals surface area contributed by atoms with Gasteiger partial charge in [0.15, 0.2) is 0 Å². The molecule has 118 valence electrons. The molecule has 0 amide bonds. The van der Waals surface area contributed by atoms with Gasteiger partial charge >= 0.3 is 11.4 Å². The van der Waals surface area contributed by atoms with Crippen molar-refractivity contribution in [3.8, 4) is 5.75 Å². The molecule has 2 aromatic carbocycles. The second kappa shape index (κ2) is 6.48. The van der Waals surface area contributed by atoms with Gasteiger partial charge in [0.05, 0.1) is 22.5 Å². The number of ether oxygens (including phenoxy) is 1. The molecule has 0 N–H and O–H groups in total. The first-order chi connectivity index (χ1) is 11.1. The van der Waals surface area contributed by atoms with Gasteiger partial charge in [0, 0.05) is 5.02 Å². The Labute approximate surface area is 140 Å². The summed E-state index contributed by atoms with van der Waals surface area (Å²) in [5, 5.41) is 0.652. The molecule has 23 heavy (non-hydrogen) atoms. The van der Waals surface area contributed by atoms with Crippen molar-refractivity contribution in [2.45, 2.75) is 6.54 Å². The van der Waals surface area contributed by atoms with Crippen LogP contribution in [0.25, 0.3) is 10.9 Å². The lowest BCUT2D eigenvalue weighted by Crippen LogP contribution is -2.27. The van der Waals surface area contributed by atoms with Crippen LogP contribution in [-0.4, -0.2) is 11.2 Å². The minimum absolute atomic E-state index is 0.154. The highest BCUT2D eigenvalue weighted by Crippen LogP contribution is 2.25. The third-order valence-electron chi connectivity index (χ3n) is 3.25. The van der Waals surface area contributed by atoms with Crippen LogP contribution in [0.4, 0.5) is 0 Å². The van der Waals surface area contributed by atoms with E-state index in [9.17, 15) is 9.59 Å². The number of hydrogen-bond donors (Lipinski definition) is 0. The first-order valence-electron chi connectivity index (χ1n) is 6.77. The number of halogens is 2. The van der Waals surface area contributed by atoms with E-state index in [4.69, 9.17) is 32.4 Å². The number of fused-ring (bicyclic) bond motifs is 1. The number of nitrogens with zero attached hydrogens (tertiary/aromatic N) is 1. The van der Waals surface area contributed by atoms with Gasteiger partial charge in [-0.15, -0.1) is 0 Å². The summed E-state index contributed by atoms with van der Waals surface area (Å²) in [7, 11) is 0. The lowest BCUT2D eigenvalue weighted by Gasteiger charge is -2.11. The molecule has 0 atom stereocenters. The van der Waals surface area contributed by atoms with E-state index in [-0.39, 0.29) is 29.1 Å². The van der Waals surface area contributed by atoms with Gasteiger partial charge in [-0.05, 0) is 24.3 Å². The molecule has 0 unspecified atom stereocenters. The van der Waals surface area contributed by atoms with E-state index in [1.165, 1.54) is 16.7 Å². The van der Waals surface area contributed by atoms with E-state index in [1.807, 2.05) is 18.2 Å². The van der Waals surface area contributed by atoms with E-state index < -0.39 is 11.4 Å². The average Bonchev–Trinajstić information content (AvgIpc) is 2.51. The van der Waals surface area contributed by atoms with Crippen LogP contribution in [0.1, 0.15) is 0 Å². The minimum Gasteiger partial charge on any atom is -0.492 e. The lowest BCUT2D eigenvalue weighted by atomic mass is 10.2. The second-order valence-corrected chi connectivity index (χ2v) is 5.60. The van der Waals surface area contributed by atoms with Crippen molar-refractivity contribution in [2.75, 3.05) is 6.61 Å². The molecule has 0 saturated heterocycles. The maximum atomic E-state index is 12.0. The first-order valence-corrected chi connectivity index (χ1v) is 7.52. The summed E-state index contributed by atoms with van der Waals surface area (Å²) < 4.78 is 11.5. The van der Waals surface area contributed by atoms with Crippen molar-refractivity contribution in [3.63, 3.8) is 0 Å². The molecule has 3 aromatic rings. The van der Waals surface area contributed by atoms with Crippen molar-refractivity contribution < 1.29 is 9.15 Å². The van der Waals surface area contributed by atoms with Crippen molar-refractivity contribution >= 4 is 34.1 Å². The Morgan fingerprint density at radius 3 is 2.57 bits per heavy atom. The summed E-state index contributed by atoms with van der Waals surface area (Å²) in [5.41, 5.74) is -0.483. The van der Waals surface area contributed by atoms with E-state index in [1.54, 1.807) is 12.1 Å². The Balaban J connectivity index is 1.97. The van der Waals surface area contributed by atoms with Crippen LogP contribution in [-0.2, 0) is 6.54 Å². The predicted molar refractivity (Wildman–Crippen MR) is 88.7 cm³/mol. The molecule has 1 aromatic heterocycles. The van der Waals surface area contributed by atoms with E-state index in [0.29, 0.717) is 10.8 Å². The Morgan fingerprint density at radius 2 is 1.83 bits per heavy atom. The molecule has 0 spiro atoms. The first kappa shape index (κ1) is 15.6. The molecule has 0 fully saturated rings. The van der Waals surface area contributed by atoms with Crippen LogP contribution < -0.4 is 16.1 Å². The van der Waals surface area contributed by atoms with Gasteiger partial charge in [-0.25, -0.2) is 9.59 Å². The molecule has 0 radical (unpaired) electrons. The molecule has 7 heteroatoms. The third kappa shape index (κ3) is 3.25. The topological polar surface area (TPSA) is 61.4 Å². The van der Waals surface area contributed by atoms with E-state index in [2.05, 4.69) is 0 Å². The van der Waals surface area contributed by atoms with Crippen LogP contribution in [0.2, 0.25) is 10.0 Å². The Morgan fingerprint density at radius 1 is 1.09 bits per heavy atom. The zero-order valence-electron chi connectivity index (χ0n) is 11.8. The molecule has 0 bridgehead atoms. The molecule has 5 nitrogen and oxygen atoms in total. The highest BCUT2D eigenvalue weighted by atomic mass is 35.5. The van der Waals surface area contributed by atoms with Crippen LogP contribution in [0, 0.1) is 0 Å². The van der Waals surface area contributed by atoms with Gasteiger partial charge in [-0.2, -0.15) is 0 Å². The van der Waals surface area contributed by atoms with Gasteiger partial charge in [0.2, 0.25) is 0 Å². The number of para-hydroxylation sites is 1. The van der Waals surface area contributed by atoms with Gasteiger partial charge in [-0.1, -0.05) is 41.4 Å². The Hall–Kier alpha value is -2.24. The summed E-state index contributed by atoms with van der Waals surface area (Å²) in [6.45, 7) is 0.390. The summed E-state index contributed by atoms with van der Waals surface area (Å²) in [4.78, 5) is 23.8. The van der Waals surface area contributed by atoms with Crippen LogP contribution >= 0.6 is 23.2 Å². The Bertz CT molecular complexity index is 963. The molecule has 0 aliphatic rings. The number of rotatable bonds is 4. The average molecular weight is 352 g/mol. The van der Waals surface area contributed by atoms with E-state index >= 15 is 0 Å². The van der Waals surface area contributed by atoms with Crippen molar-refractivity contribution in [1.82, 2.24) is 4.57 Å². The van der Waals surface area contributed by atoms with E-state index in [0.717, 1.165) is 0 Å². The molecular weight excluding hydrogens is 341 g/mol. The van der Waals surface area contributed by atoms with Crippen molar-refractivity contribution in [1.29, 1.82) is 0 Å². The summed E-state index contributed by atoms with van der Waals surface area (Å²) in [6.07, 6.45) is 0. The fraction of sp³-hybridized carbons (Fsp3) is 0.125. The normalized spacial score (nSPS) is 10.9. The molecule has 3 rings (SSSR count). The van der Waals surface area contributed by atoms with Crippen LogP contribution in [0.3, 0.4) is 0 Å². The molecule has 0 aliphatic carbocycles. The number of benzene rings is 2. The summed E-state index contributed by atoms with van der Waals surface area (Å²) >= 11 is 12.0. The van der Waals surface area contributed by atoms with Crippen LogP contribution in [0.15, 0.2) is 56.5 Å². The van der Waals surface area contributed by atoms with Crippen molar-refractivity contribution in [3.05, 3.63) is 73.5 Å². The quantitative estimate of drug-likeness (QED) is 0.723. The monoisotopic (exact) mass is 351 g/mol. The summed E-state index contributed by atoms with van der Waals surface area (Å²) in [6, 6.07) is 12.1. The van der Waals surface area contributed by atoms with Gasteiger partial charge in [-0.3, -0.25) is 4.57 Å². The smallest absolute Gasteiger partial charge is 0.422 e. The minimum atomic E-state index is -0.789. The van der Waals surface area contributed by atoms with Crippen LogP contribution in [0.5, 0.6) is 5.75 Å². The maximum Gasteiger partial charge on any atom is 0.422 e. The van der Waals surface area contributed by atoms with Gasteiger partial charge in [0.25, 0.3) is 0 Å². The summed E-state index contributed by atoms with van der Waals surface area (Å²) in [5.74, 6) is -0.111. The Kier molecular flexibility index (Phi) is 4.41. The standard InChI is InChI=1S/C16H11Cl2NO4/c17-10-8-12-14(13(18)9-10)19(16(21)23-15(12)20)6-7-22-11-4-2-1-3-5-11/h1-5,8-9H,6-7H2. The fourth-order valence-electron chi connectivity index (χ4n) is 2.25. The van der Waals surface area contributed by atoms with Gasteiger partial charge in [0.1, 0.15) is 12.4 Å². The largest absolute Gasteiger partial charge is 0.492 e. The third-order valence-corrected chi connectivity index (χ3v) is 3.75. The predicted octanol–water partition coefficient (Wildman–Crippen LogP) is 3.34. The van der Waals surface area contributed by atoms with Gasteiger partial charge < -0.3 is 9.15 Å². The molecule has 0 saturated carbocycles. The zero-order valence-corrected chi connectivity index (χ0v) is 13.3. The molecular formula is C16H11Cl2NO4. The van der Waals surface area contributed by atoms with Crippen molar-refractivity contribution in [2.24, 2.45) is 0 Å². The second-order valence-electron chi connectivity index (χ2n) is 4.75. The lowest BCUT2D eigenvalue weighted by molar-refractivity contribution is 0.287. The highest BCUT2D eigenvalue weighted by molar-refractivity contribution is 6.38. The molecule has 0 aliphatic heterocycles.